The van der Waals surface area contributed by atoms with Gasteiger partial charge in [0.15, 0.2) is 6.61 Å². The minimum absolute atomic E-state index is 0.0299. The van der Waals surface area contributed by atoms with E-state index in [1.165, 1.54) is 7.11 Å². The summed E-state index contributed by atoms with van der Waals surface area (Å²) in [5, 5.41) is 8.98. The van der Waals surface area contributed by atoms with E-state index < -0.39 is 35.7 Å². The van der Waals surface area contributed by atoms with Crippen molar-refractivity contribution in [3.8, 4) is 28.4 Å². The zero-order chi connectivity index (χ0) is 48.4. The van der Waals surface area contributed by atoms with Crippen molar-refractivity contribution in [1.29, 1.82) is 0 Å². The molecular weight excluding hydrogens is 859 g/mol. The number of aryl methyl sites for hydroxylation is 2. The highest BCUT2D eigenvalue weighted by molar-refractivity contribution is 5.87. The predicted molar refractivity (Wildman–Crippen MR) is 261 cm³/mol. The number of carbonyl (C=O) groups is 4. The Labute approximate surface area is 398 Å². The Morgan fingerprint density at radius 1 is 0.618 bits per heavy atom. The van der Waals surface area contributed by atoms with Crippen molar-refractivity contribution >= 4 is 23.9 Å². The fourth-order valence-electron chi connectivity index (χ4n) is 8.33. The fourth-order valence-corrected chi connectivity index (χ4v) is 8.33. The lowest BCUT2D eigenvalue weighted by Gasteiger charge is -2.26. The van der Waals surface area contributed by atoms with Crippen LogP contribution < -0.4 is 30.2 Å². The minimum Gasteiger partial charge on any atom is -0.497 e. The van der Waals surface area contributed by atoms with Crippen LogP contribution in [0.2, 0.25) is 0 Å². The van der Waals surface area contributed by atoms with Crippen LogP contribution in [0.15, 0.2) is 140 Å². The molecule has 1 aliphatic carbocycles. The Kier molecular flexibility index (Phi) is 15.5. The zero-order valence-corrected chi connectivity index (χ0v) is 39.6. The van der Waals surface area contributed by atoms with Crippen LogP contribution in [0.1, 0.15) is 96.1 Å². The number of rotatable bonds is 18. The van der Waals surface area contributed by atoms with Gasteiger partial charge in [-0.1, -0.05) is 120 Å². The molecule has 0 spiro atoms. The van der Waals surface area contributed by atoms with Gasteiger partial charge in [-0.2, -0.15) is 0 Å². The number of esters is 1. The normalized spacial score (nSPS) is 12.8. The molecule has 0 aliphatic heterocycles. The molecule has 6 aromatic carbocycles. The van der Waals surface area contributed by atoms with Gasteiger partial charge < -0.3 is 39.6 Å². The number of alkyl carbamates (subject to hydrolysis) is 1. The third kappa shape index (κ3) is 12.2. The Hall–Kier alpha value is -7.60. The molecule has 12 nitrogen and oxygen atoms in total. The van der Waals surface area contributed by atoms with Crippen molar-refractivity contribution in [1.82, 2.24) is 16.0 Å². The lowest BCUT2D eigenvalue weighted by molar-refractivity contribution is -0.155. The minimum atomic E-state index is -1.21. The third-order valence-corrected chi connectivity index (χ3v) is 11.8. The monoisotopic (exact) mass is 917 g/mol. The number of nitrogens with one attached hydrogen (secondary N) is 3. The fraction of sp³-hybridized carbons (Fsp3) is 0.286. The van der Waals surface area contributed by atoms with E-state index in [1.54, 1.807) is 70.3 Å². The second-order valence-corrected chi connectivity index (χ2v) is 17.9. The maximum Gasteiger partial charge on any atom is 0.407 e. The van der Waals surface area contributed by atoms with Gasteiger partial charge in [-0.3, -0.25) is 14.4 Å². The van der Waals surface area contributed by atoms with E-state index in [0.29, 0.717) is 28.4 Å². The molecule has 0 aromatic heterocycles. The van der Waals surface area contributed by atoms with Gasteiger partial charge in [-0.15, -0.1) is 0 Å². The molecule has 0 saturated carbocycles. The van der Waals surface area contributed by atoms with Crippen molar-refractivity contribution in [3.05, 3.63) is 184 Å². The van der Waals surface area contributed by atoms with E-state index in [9.17, 15) is 19.2 Å². The lowest BCUT2D eigenvalue weighted by Crippen LogP contribution is -2.48. The summed E-state index contributed by atoms with van der Waals surface area (Å²) in [5.74, 6) is -0.235. The summed E-state index contributed by atoms with van der Waals surface area (Å²) in [7, 11) is 3.06. The summed E-state index contributed by atoms with van der Waals surface area (Å²) < 4.78 is 28.7. The molecule has 2 atom stereocenters. The van der Waals surface area contributed by atoms with Crippen LogP contribution in [0.25, 0.3) is 11.1 Å². The summed E-state index contributed by atoms with van der Waals surface area (Å²) in [6.07, 6.45) is -1.06. The van der Waals surface area contributed by atoms with Gasteiger partial charge in [0, 0.05) is 24.0 Å². The second kappa shape index (κ2) is 21.8. The van der Waals surface area contributed by atoms with Gasteiger partial charge >= 0.3 is 12.1 Å². The second-order valence-electron chi connectivity index (χ2n) is 17.9. The molecule has 1 aliphatic rings. The van der Waals surface area contributed by atoms with Gasteiger partial charge in [0.1, 0.15) is 35.5 Å². The van der Waals surface area contributed by atoms with Crippen molar-refractivity contribution < 1.29 is 42.9 Å². The molecular formula is C56H59N3O9. The average molecular weight is 918 g/mol. The Morgan fingerprint density at radius 2 is 1.16 bits per heavy atom. The first kappa shape index (κ1) is 48.3. The van der Waals surface area contributed by atoms with E-state index in [1.807, 2.05) is 98.8 Å². The van der Waals surface area contributed by atoms with Crippen LogP contribution >= 0.6 is 0 Å². The molecule has 6 aromatic rings. The molecule has 68 heavy (non-hydrogen) atoms. The van der Waals surface area contributed by atoms with Crippen LogP contribution in [-0.2, 0) is 23.9 Å². The van der Waals surface area contributed by atoms with Gasteiger partial charge in [0.05, 0.1) is 26.3 Å². The number of fused-ring (bicyclic) bond motifs is 3. The molecule has 0 fully saturated rings. The molecule has 0 saturated heterocycles. The smallest absolute Gasteiger partial charge is 0.407 e. The molecule has 12 heteroatoms. The number of hydrogen-bond acceptors (Lipinski definition) is 9. The first-order valence-electron chi connectivity index (χ1n) is 22.7. The molecule has 3 amide bonds. The molecule has 7 rings (SSSR count). The average Bonchev–Trinajstić information content (AvgIpc) is 3.65. The van der Waals surface area contributed by atoms with Crippen LogP contribution in [0.4, 0.5) is 4.79 Å². The Balaban J connectivity index is 1.09. The molecule has 0 heterocycles. The number of carbonyl (C=O) groups excluding carboxylic acids is 4. The first-order chi connectivity index (χ1) is 32.7. The number of hydrogen-bond donors (Lipinski definition) is 3. The maximum atomic E-state index is 14.5. The lowest BCUT2D eigenvalue weighted by atomic mass is 9.96. The van der Waals surface area contributed by atoms with E-state index in [2.05, 4.69) is 28.1 Å². The highest BCUT2D eigenvalue weighted by atomic mass is 16.6. The summed E-state index contributed by atoms with van der Waals surface area (Å²) >= 11 is 0. The molecule has 352 valence electrons. The highest BCUT2D eigenvalue weighted by Gasteiger charge is 2.32. The van der Waals surface area contributed by atoms with Crippen LogP contribution in [0.3, 0.4) is 0 Å². The zero-order valence-electron chi connectivity index (χ0n) is 39.6. The van der Waals surface area contributed by atoms with Crippen LogP contribution in [-0.4, -0.2) is 63.0 Å². The van der Waals surface area contributed by atoms with Crippen molar-refractivity contribution in [3.63, 3.8) is 0 Å². The summed E-state index contributed by atoms with van der Waals surface area (Å²) in [6, 6.07) is 41.9. The molecule has 0 radical (unpaired) electrons. The van der Waals surface area contributed by atoms with E-state index >= 15 is 0 Å². The number of methoxy groups -OCH3 is 2. The third-order valence-electron chi connectivity index (χ3n) is 11.8. The first-order valence-corrected chi connectivity index (χ1v) is 22.7. The van der Waals surface area contributed by atoms with Gasteiger partial charge in [-0.05, 0) is 104 Å². The van der Waals surface area contributed by atoms with Gasteiger partial charge in [-0.25, -0.2) is 4.79 Å². The number of ether oxygens (including phenoxy) is 5. The molecule has 1 unspecified atom stereocenters. The topological polar surface area (TPSA) is 151 Å². The Bertz CT molecular complexity index is 2620. The van der Waals surface area contributed by atoms with Gasteiger partial charge in [0.25, 0.3) is 5.91 Å². The standard InChI is InChI=1S/C56H59N3O9/c1-35-16-20-37(21-17-35)52(38-22-18-36(2)19-23-38)58-50(60)34-66-40-26-24-39(25-27-40)53(46-29-28-41(64-6)32-49(46)65-7)59-54(62)48(30-31-51(61)68-56(3,4)5)57-55(63)67-33-47-44-14-10-8-12-42(44)43-13-9-11-15-45(43)47/h8-29,32,47-48,52-53H,30-31,33-34H2,1-7H3,(H,57,63)(H,58,60)(H,59,62)/t48-,53?/m0/s1. The van der Waals surface area contributed by atoms with Gasteiger partial charge in [0.2, 0.25) is 5.91 Å². The maximum absolute atomic E-state index is 14.5. The summed E-state index contributed by atoms with van der Waals surface area (Å²) in [6.45, 7) is 9.10. The highest BCUT2D eigenvalue weighted by Crippen LogP contribution is 2.44. The summed E-state index contributed by atoms with van der Waals surface area (Å²) in [4.78, 5) is 54.7. The van der Waals surface area contributed by atoms with E-state index in [0.717, 1.165) is 44.5 Å². The quantitative estimate of drug-likeness (QED) is 0.0716. The van der Waals surface area contributed by atoms with E-state index in [-0.39, 0.29) is 43.9 Å². The van der Waals surface area contributed by atoms with Crippen molar-refractivity contribution in [2.45, 2.75) is 77.1 Å². The molecule has 3 N–H and O–H groups in total. The number of amides is 3. The van der Waals surface area contributed by atoms with Crippen LogP contribution in [0.5, 0.6) is 17.2 Å². The summed E-state index contributed by atoms with van der Waals surface area (Å²) in [5.41, 5.74) is 8.83. The van der Waals surface area contributed by atoms with Crippen molar-refractivity contribution in [2.24, 2.45) is 0 Å². The van der Waals surface area contributed by atoms with Crippen LogP contribution in [0, 0.1) is 13.8 Å². The molecule has 0 bridgehead atoms. The van der Waals surface area contributed by atoms with E-state index in [4.69, 9.17) is 23.7 Å². The SMILES string of the molecule is COc1ccc(C(NC(=O)[C@H](CCC(=O)OC(C)(C)C)NC(=O)OCC2c3ccccc3-c3ccccc32)c2ccc(OCC(=O)NC(c3ccc(C)cc3)c3ccc(C)cc3)cc2)c(OC)c1. The van der Waals surface area contributed by atoms with Crippen molar-refractivity contribution in [2.75, 3.05) is 27.4 Å². The predicted octanol–water partition coefficient (Wildman–Crippen LogP) is 9.84. The largest absolute Gasteiger partial charge is 0.497 e. The number of benzene rings is 6. The Morgan fingerprint density at radius 3 is 1.72 bits per heavy atom.